The van der Waals surface area contributed by atoms with Gasteiger partial charge in [0.25, 0.3) is 5.91 Å². The van der Waals surface area contributed by atoms with Crippen molar-refractivity contribution in [1.82, 2.24) is 0 Å². The second kappa shape index (κ2) is 8.03. The van der Waals surface area contributed by atoms with E-state index in [4.69, 9.17) is 4.42 Å². The molecule has 5 heteroatoms. The summed E-state index contributed by atoms with van der Waals surface area (Å²) >= 11 is 0. The van der Waals surface area contributed by atoms with E-state index in [1.54, 1.807) is 12.3 Å². The van der Waals surface area contributed by atoms with Crippen LogP contribution < -0.4 is 15.1 Å². The normalized spacial score (nSPS) is 15.3. The summed E-state index contributed by atoms with van der Waals surface area (Å²) in [5, 5.41) is 3.02. The van der Waals surface area contributed by atoms with Crippen LogP contribution in [0.3, 0.4) is 0 Å². The molecule has 2 aromatic carbocycles. The fraction of sp³-hybridized carbons (Fsp3) is 0.292. The first kappa shape index (κ1) is 19.1. The Balaban J connectivity index is 1.52. The summed E-state index contributed by atoms with van der Waals surface area (Å²) in [5.74, 6) is 0.540. The predicted molar refractivity (Wildman–Crippen MR) is 118 cm³/mol. The summed E-state index contributed by atoms with van der Waals surface area (Å²) in [4.78, 5) is 17.4. The third-order valence-corrected chi connectivity index (χ3v) is 5.67. The topological polar surface area (TPSA) is 48.7 Å². The molecule has 1 atom stereocenters. The Morgan fingerprint density at radius 3 is 2.86 bits per heavy atom. The van der Waals surface area contributed by atoms with Gasteiger partial charge in [0.15, 0.2) is 0 Å². The van der Waals surface area contributed by atoms with Crippen molar-refractivity contribution >= 4 is 23.0 Å². The molecule has 29 heavy (non-hydrogen) atoms. The number of carbonyl (C=O) groups is 1. The van der Waals surface area contributed by atoms with Crippen molar-refractivity contribution in [3.8, 4) is 0 Å². The standard InChI is InChI=1S/C24H27N3O2/c1-4-26(3)20-10-7-9-19(15-20)25-24(28)21-12-13-29-23(21)16-27-17(2)14-18-8-5-6-11-22(18)27/h5-13,15,17H,4,14,16H2,1-3H3,(H,25,28). The number of nitrogens with zero attached hydrogens (tertiary/aromatic N) is 2. The molecule has 3 aromatic rings. The van der Waals surface area contributed by atoms with Gasteiger partial charge in [-0.1, -0.05) is 24.3 Å². The molecule has 0 saturated carbocycles. The van der Waals surface area contributed by atoms with Gasteiger partial charge in [0.05, 0.1) is 18.4 Å². The first-order chi connectivity index (χ1) is 14.1. The van der Waals surface area contributed by atoms with Crippen LogP contribution in [0.5, 0.6) is 0 Å². The number of nitrogens with one attached hydrogen (secondary N) is 1. The molecule has 1 aliphatic heterocycles. The van der Waals surface area contributed by atoms with Gasteiger partial charge in [-0.25, -0.2) is 0 Å². The lowest BCUT2D eigenvalue weighted by Crippen LogP contribution is -2.29. The van der Waals surface area contributed by atoms with Gasteiger partial charge in [0.2, 0.25) is 0 Å². The Hall–Kier alpha value is -3.21. The van der Waals surface area contributed by atoms with Gasteiger partial charge >= 0.3 is 0 Å². The molecular formula is C24H27N3O2. The van der Waals surface area contributed by atoms with Crippen LogP contribution in [0.2, 0.25) is 0 Å². The molecule has 0 bridgehead atoms. The second-order valence-electron chi connectivity index (χ2n) is 7.59. The van der Waals surface area contributed by atoms with E-state index in [-0.39, 0.29) is 5.91 Å². The molecule has 1 unspecified atom stereocenters. The van der Waals surface area contributed by atoms with E-state index in [1.165, 1.54) is 11.3 Å². The highest BCUT2D eigenvalue weighted by atomic mass is 16.3. The van der Waals surface area contributed by atoms with Crippen molar-refractivity contribution in [3.63, 3.8) is 0 Å². The van der Waals surface area contributed by atoms with E-state index in [9.17, 15) is 4.79 Å². The van der Waals surface area contributed by atoms with Crippen LogP contribution in [0.1, 0.15) is 35.5 Å². The number of furan rings is 1. The third-order valence-electron chi connectivity index (χ3n) is 5.67. The summed E-state index contributed by atoms with van der Waals surface area (Å²) in [6.07, 6.45) is 2.61. The maximum Gasteiger partial charge on any atom is 0.259 e. The fourth-order valence-electron chi connectivity index (χ4n) is 3.89. The van der Waals surface area contributed by atoms with Crippen molar-refractivity contribution in [2.24, 2.45) is 0 Å². The summed E-state index contributed by atoms with van der Waals surface area (Å²) in [7, 11) is 2.03. The maximum absolute atomic E-state index is 12.9. The van der Waals surface area contributed by atoms with E-state index >= 15 is 0 Å². The Kier molecular flexibility index (Phi) is 5.30. The highest BCUT2D eigenvalue weighted by Crippen LogP contribution is 2.33. The highest BCUT2D eigenvalue weighted by molar-refractivity contribution is 6.05. The average Bonchev–Trinajstić information content (AvgIpc) is 3.32. The van der Waals surface area contributed by atoms with Crippen LogP contribution in [0.15, 0.2) is 65.3 Å². The quantitative estimate of drug-likeness (QED) is 0.649. The minimum atomic E-state index is -0.148. The number of hydrogen-bond acceptors (Lipinski definition) is 4. The molecule has 0 fully saturated rings. The van der Waals surface area contributed by atoms with Crippen LogP contribution in [-0.2, 0) is 13.0 Å². The van der Waals surface area contributed by atoms with E-state index in [0.717, 1.165) is 24.3 Å². The molecule has 0 spiro atoms. The molecule has 0 saturated heterocycles. The van der Waals surface area contributed by atoms with Crippen molar-refractivity contribution in [2.75, 3.05) is 28.7 Å². The van der Waals surface area contributed by atoms with Gasteiger partial charge in [-0.3, -0.25) is 4.79 Å². The maximum atomic E-state index is 12.9. The molecule has 1 amide bonds. The molecule has 1 aromatic heterocycles. The second-order valence-corrected chi connectivity index (χ2v) is 7.59. The number of amides is 1. The SMILES string of the molecule is CCN(C)c1cccc(NC(=O)c2ccoc2CN2c3ccccc3CC2C)c1. The smallest absolute Gasteiger partial charge is 0.259 e. The molecular weight excluding hydrogens is 362 g/mol. The molecule has 0 aliphatic carbocycles. The third kappa shape index (κ3) is 3.86. The summed E-state index contributed by atoms with van der Waals surface area (Å²) in [5.41, 5.74) is 4.99. The number of para-hydroxylation sites is 1. The number of benzene rings is 2. The summed E-state index contributed by atoms with van der Waals surface area (Å²) in [6.45, 7) is 5.78. The number of carbonyl (C=O) groups excluding carboxylic acids is 1. The van der Waals surface area contributed by atoms with Crippen LogP contribution in [0.25, 0.3) is 0 Å². The fourth-order valence-corrected chi connectivity index (χ4v) is 3.89. The van der Waals surface area contributed by atoms with Crippen LogP contribution in [0.4, 0.5) is 17.1 Å². The lowest BCUT2D eigenvalue weighted by atomic mass is 10.1. The molecule has 0 radical (unpaired) electrons. The summed E-state index contributed by atoms with van der Waals surface area (Å²) < 4.78 is 5.72. The van der Waals surface area contributed by atoms with Crippen molar-refractivity contribution in [1.29, 1.82) is 0 Å². The van der Waals surface area contributed by atoms with Crippen LogP contribution in [0, 0.1) is 0 Å². The monoisotopic (exact) mass is 389 g/mol. The molecule has 2 heterocycles. The number of rotatable bonds is 6. The number of fused-ring (bicyclic) bond motifs is 1. The Labute approximate surface area is 171 Å². The zero-order valence-corrected chi connectivity index (χ0v) is 17.2. The first-order valence-corrected chi connectivity index (χ1v) is 10.1. The lowest BCUT2D eigenvalue weighted by molar-refractivity contribution is 0.102. The van der Waals surface area contributed by atoms with Gasteiger partial charge in [0.1, 0.15) is 5.76 Å². The zero-order chi connectivity index (χ0) is 20.4. The van der Waals surface area contributed by atoms with E-state index in [0.29, 0.717) is 23.9 Å². The van der Waals surface area contributed by atoms with Gasteiger partial charge < -0.3 is 19.5 Å². The minimum absolute atomic E-state index is 0.148. The Morgan fingerprint density at radius 1 is 1.21 bits per heavy atom. The molecule has 5 nitrogen and oxygen atoms in total. The zero-order valence-electron chi connectivity index (χ0n) is 17.2. The van der Waals surface area contributed by atoms with Crippen LogP contribution in [-0.4, -0.2) is 25.5 Å². The van der Waals surface area contributed by atoms with Gasteiger partial charge in [-0.2, -0.15) is 0 Å². The lowest BCUT2D eigenvalue weighted by Gasteiger charge is -2.24. The Morgan fingerprint density at radius 2 is 2.03 bits per heavy atom. The van der Waals surface area contributed by atoms with Crippen molar-refractivity contribution in [3.05, 3.63) is 77.7 Å². The minimum Gasteiger partial charge on any atom is -0.467 e. The number of hydrogen-bond donors (Lipinski definition) is 1. The predicted octanol–water partition coefficient (Wildman–Crippen LogP) is 4.94. The molecule has 150 valence electrons. The molecule has 1 N–H and O–H groups in total. The van der Waals surface area contributed by atoms with Gasteiger partial charge in [-0.15, -0.1) is 0 Å². The van der Waals surface area contributed by atoms with E-state index < -0.39 is 0 Å². The average molecular weight is 389 g/mol. The van der Waals surface area contributed by atoms with Gasteiger partial charge in [0, 0.05) is 36.7 Å². The molecule has 1 aliphatic rings. The molecule has 4 rings (SSSR count). The Bertz CT molecular complexity index is 1010. The summed E-state index contributed by atoms with van der Waals surface area (Å²) in [6, 6.07) is 18.4. The van der Waals surface area contributed by atoms with E-state index in [1.807, 2.05) is 31.3 Å². The first-order valence-electron chi connectivity index (χ1n) is 10.1. The number of anilines is 3. The largest absolute Gasteiger partial charge is 0.467 e. The highest BCUT2D eigenvalue weighted by Gasteiger charge is 2.28. The van der Waals surface area contributed by atoms with E-state index in [2.05, 4.69) is 53.2 Å². The van der Waals surface area contributed by atoms with Crippen molar-refractivity contribution < 1.29 is 9.21 Å². The van der Waals surface area contributed by atoms with Crippen molar-refractivity contribution in [2.45, 2.75) is 32.9 Å². The van der Waals surface area contributed by atoms with Crippen LogP contribution >= 0.6 is 0 Å². The van der Waals surface area contributed by atoms with Gasteiger partial charge in [-0.05, 0) is 56.2 Å².